The van der Waals surface area contributed by atoms with E-state index in [4.69, 9.17) is 9.94 Å². The van der Waals surface area contributed by atoms with Crippen molar-refractivity contribution in [2.75, 3.05) is 6.61 Å². The van der Waals surface area contributed by atoms with Crippen LogP contribution in [0.1, 0.15) is 27.7 Å². The smallest absolute Gasteiger partial charge is 0.331 e. The van der Waals surface area contributed by atoms with Crippen molar-refractivity contribution in [2.45, 2.75) is 27.7 Å². The number of aliphatic carboxylic acids is 1. The van der Waals surface area contributed by atoms with Crippen LogP contribution in [-0.4, -0.2) is 23.6 Å². The van der Waals surface area contributed by atoms with Gasteiger partial charge in [0, 0.05) is 11.1 Å². The number of carbonyl (C=O) groups excluding carboxylic acids is 1. The van der Waals surface area contributed by atoms with Crippen LogP contribution >= 0.6 is 0 Å². The van der Waals surface area contributed by atoms with Gasteiger partial charge in [0.05, 0.1) is 6.61 Å². The zero-order valence-corrected chi connectivity index (χ0v) is 9.46. The summed E-state index contributed by atoms with van der Waals surface area (Å²) in [6.07, 6.45) is 0. The number of hydrogen-bond acceptors (Lipinski definition) is 3. The van der Waals surface area contributed by atoms with Crippen molar-refractivity contribution in [2.24, 2.45) is 5.92 Å². The molecule has 15 heavy (non-hydrogen) atoms. The van der Waals surface area contributed by atoms with Gasteiger partial charge in [-0.15, -0.1) is 0 Å². The van der Waals surface area contributed by atoms with Crippen molar-refractivity contribution < 1.29 is 19.5 Å². The van der Waals surface area contributed by atoms with E-state index in [0.717, 1.165) is 0 Å². The Labute approximate surface area is 89.1 Å². The van der Waals surface area contributed by atoms with E-state index in [2.05, 4.69) is 5.48 Å². The molecule has 0 unspecified atom stereocenters. The number of hydrogen-bond donors (Lipinski definition) is 2. The number of hydroxylamine groups is 1. The van der Waals surface area contributed by atoms with Crippen LogP contribution in [0.3, 0.4) is 0 Å². The molecule has 2 N–H and O–H groups in total. The van der Waals surface area contributed by atoms with Crippen LogP contribution < -0.4 is 5.48 Å². The minimum atomic E-state index is -1.11. The monoisotopic (exact) mass is 215 g/mol. The van der Waals surface area contributed by atoms with Gasteiger partial charge in [0.2, 0.25) is 0 Å². The second-order valence-corrected chi connectivity index (χ2v) is 3.69. The molecule has 0 spiro atoms. The average molecular weight is 215 g/mol. The number of carboxylic acids is 1. The van der Waals surface area contributed by atoms with Gasteiger partial charge in [0.1, 0.15) is 0 Å². The number of carbonyl (C=O) groups is 2. The first-order valence-corrected chi connectivity index (χ1v) is 4.69. The van der Waals surface area contributed by atoms with Crippen LogP contribution in [0, 0.1) is 5.92 Å². The van der Waals surface area contributed by atoms with Gasteiger partial charge in [0.15, 0.2) is 0 Å². The van der Waals surface area contributed by atoms with Crippen molar-refractivity contribution >= 4 is 11.9 Å². The normalized spacial score (nSPS) is 12.3. The maximum Gasteiger partial charge on any atom is 0.331 e. The first-order valence-electron chi connectivity index (χ1n) is 4.69. The zero-order valence-electron chi connectivity index (χ0n) is 9.46. The molecule has 0 saturated carbocycles. The minimum absolute atomic E-state index is 0.0145. The largest absolute Gasteiger partial charge is 0.478 e. The van der Waals surface area contributed by atoms with Crippen LogP contribution in [0.25, 0.3) is 0 Å². The SMILES string of the molecule is CC(C(=O)O)=C(C)C(=O)NOCC(C)C. The minimum Gasteiger partial charge on any atom is -0.478 e. The predicted octanol–water partition coefficient (Wildman–Crippen LogP) is 1.11. The summed E-state index contributed by atoms with van der Waals surface area (Å²) in [5.74, 6) is -1.32. The molecule has 0 aromatic rings. The second kappa shape index (κ2) is 6.19. The average Bonchev–Trinajstić information content (AvgIpc) is 2.14. The predicted molar refractivity (Wildman–Crippen MR) is 54.9 cm³/mol. The Morgan fingerprint density at radius 1 is 1.27 bits per heavy atom. The molecule has 0 saturated heterocycles. The van der Waals surface area contributed by atoms with Crippen molar-refractivity contribution in [3.8, 4) is 0 Å². The van der Waals surface area contributed by atoms with Crippen molar-refractivity contribution in [1.29, 1.82) is 0 Å². The Kier molecular flexibility index (Phi) is 5.62. The molecule has 0 aliphatic heterocycles. The molecule has 0 aromatic carbocycles. The number of amides is 1. The number of nitrogens with one attached hydrogen (secondary N) is 1. The maximum absolute atomic E-state index is 11.3. The van der Waals surface area contributed by atoms with E-state index in [1.165, 1.54) is 13.8 Å². The lowest BCUT2D eigenvalue weighted by atomic mass is 10.1. The third-order valence-corrected chi connectivity index (χ3v) is 1.81. The van der Waals surface area contributed by atoms with Gasteiger partial charge in [-0.2, -0.15) is 0 Å². The van der Waals surface area contributed by atoms with E-state index in [1.54, 1.807) is 0 Å². The lowest BCUT2D eigenvalue weighted by Gasteiger charge is -2.08. The first kappa shape index (κ1) is 13.6. The fraction of sp³-hybridized carbons (Fsp3) is 0.600. The fourth-order valence-corrected chi connectivity index (χ4v) is 0.681. The summed E-state index contributed by atoms with van der Waals surface area (Å²) >= 11 is 0. The summed E-state index contributed by atoms with van der Waals surface area (Å²) < 4.78 is 0. The van der Waals surface area contributed by atoms with Gasteiger partial charge >= 0.3 is 5.97 Å². The molecule has 86 valence electrons. The molecule has 0 fully saturated rings. The molecule has 0 rings (SSSR count). The molecule has 0 radical (unpaired) electrons. The van der Waals surface area contributed by atoms with Crippen molar-refractivity contribution in [3.63, 3.8) is 0 Å². The van der Waals surface area contributed by atoms with Gasteiger partial charge in [-0.25, -0.2) is 10.3 Å². The van der Waals surface area contributed by atoms with E-state index in [9.17, 15) is 9.59 Å². The lowest BCUT2D eigenvalue weighted by molar-refractivity contribution is -0.134. The summed E-state index contributed by atoms with van der Waals surface area (Å²) in [5, 5.41) is 8.64. The second-order valence-electron chi connectivity index (χ2n) is 3.69. The molecule has 5 heteroatoms. The van der Waals surface area contributed by atoms with E-state index in [-0.39, 0.29) is 11.1 Å². The summed E-state index contributed by atoms with van der Waals surface area (Å²) in [7, 11) is 0. The fourth-order valence-electron chi connectivity index (χ4n) is 0.681. The summed E-state index contributed by atoms with van der Waals surface area (Å²) in [6.45, 7) is 7.09. The molecular weight excluding hydrogens is 198 g/mol. The third-order valence-electron chi connectivity index (χ3n) is 1.81. The van der Waals surface area contributed by atoms with Crippen molar-refractivity contribution in [1.82, 2.24) is 5.48 Å². The Balaban J connectivity index is 4.22. The summed E-state index contributed by atoms with van der Waals surface area (Å²) in [6, 6.07) is 0. The first-order chi connectivity index (χ1) is 6.86. The van der Waals surface area contributed by atoms with Crippen LogP contribution in [0.2, 0.25) is 0 Å². The maximum atomic E-state index is 11.3. The van der Waals surface area contributed by atoms with Gasteiger partial charge < -0.3 is 5.11 Å². The number of carboxylic acid groups (broad SMARTS) is 1. The van der Waals surface area contributed by atoms with Gasteiger partial charge in [-0.3, -0.25) is 9.63 Å². The highest BCUT2D eigenvalue weighted by atomic mass is 16.6. The molecule has 0 heterocycles. The molecule has 5 nitrogen and oxygen atoms in total. The molecular formula is C10H17NO4. The highest BCUT2D eigenvalue weighted by Crippen LogP contribution is 2.03. The summed E-state index contributed by atoms with van der Waals surface area (Å²) in [4.78, 5) is 26.7. The van der Waals surface area contributed by atoms with E-state index in [0.29, 0.717) is 12.5 Å². The van der Waals surface area contributed by atoms with Crippen LogP contribution in [0.15, 0.2) is 11.1 Å². The molecule has 0 bridgehead atoms. The van der Waals surface area contributed by atoms with E-state index < -0.39 is 11.9 Å². The Morgan fingerprint density at radius 2 is 1.80 bits per heavy atom. The highest BCUT2D eigenvalue weighted by molar-refractivity contribution is 6.00. The molecule has 0 aliphatic rings. The third kappa shape index (κ3) is 5.17. The molecule has 0 aromatic heterocycles. The molecule has 1 amide bonds. The standard InChI is InChI=1S/C10H17NO4/c1-6(2)5-15-11-9(12)7(3)8(4)10(13)14/h6H,5H2,1-4H3,(H,11,12)(H,13,14). The molecule has 0 atom stereocenters. The van der Waals surface area contributed by atoms with Crippen LogP contribution in [0.5, 0.6) is 0 Å². The Morgan fingerprint density at radius 3 is 2.20 bits per heavy atom. The highest BCUT2D eigenvalue weighted by Gasteiger charge is 2.12. The topological polar surface area (TPSA) is 75.6 Å². The van der Waals surface area contributed by atoms with E-state index >= 15 is 0 Å². The van der Waals surface area contributed by atoms with E-state index in [1.807, 2.05) is 13.8 Å². The van der Waals surface area contributed by atoms with Gasteiger partial charge in [-0.1, -0.05) is 13.8 Å². The Bertz CT molecular complexity index is 281. The van der Waals surface area contributed by atoms with Crippen LogP contribution in [-0.2, 0) is 14.4 Å². The van der Waals surface area contributed by atoms with Gasteiger partial charge in [0.25, 0.3) is 5.91 Å². The Hall–Kier alpha value is -1.36. The number of rotatable bonds is 5. The lowest BCUT2D eigenvalue weighted by Crippen LogP contribution is -2.27. The van der Waals surface area contributed by atoms with Gasteiger partial charge in [-0.05, 0) is 19.8 Å². The van der Waals surface area contributed by atoms with Crippen molar-refractivity contribution in [3.05, 3.63) is 11.1 Å². The van der Waals surface area contributed by atoms with Crippen LogP contribution in [0.4, 0.5) is 0 Å². The quantitative estimate of drug-likeness (QED) is 0.532. The molecule has 0 aliphatic carbocycles. The summed E-state index contributed by atoms with van der Waals surface area (Å²) in [5.41, 5.74) is 2.35. The zero-order chi connectivity index (χ0) is 12.0.